The summed E-state index contributed by atoms with van der Waals surface area (Å²) in [5.41, 5.74) is 3.66. The minimum atomic E-state index is 0.327. The Morgan fingerprint density at radius 3 is 2.58 bits per heavy atom. The third kappa shape index (κ3) is 3.67. The van der Waals surface area contributed by atoms with Crippen LogP contribution in [0, 0.1) is 0 Å². The average Bonchev–Trinajstić information content (AvgIpc) is 2.77. The SMILES string of the molecule is CCc1cc(CNC(C)c2ccc(Br)cc2)n(C)n1. The number of halogens is 1. The Hall–Kier alpha value is -1.13. The number of aryl methyl sites for hydroxylation is 2. The molecule has 0 fully saturated rings. The van der Waals surface area contributed by atoms with Gasteiger partial charge in [0.25, 0.3) is 0 Å². The summed E-state index contributed by atoms with van der Waals surface area (Å²) in [5.74, 6) is 0. The van der Waals surface area contributed by atoms with Crippen molar-refractivity contribution in [1.82, 2.24) is 15.1 Å². The van der Waals surface area contributed by atoms with Crippen molar-refractivity contribution in [1.29, 1.82) is 0 Å². The van der Waals surface area contributed by atoms with Gasteiger partial charge in [-0.25, -0.2) is 0 Å². The van der Waals surface area contributed by atoms with Crippen molar-refractivity contribution in [2.75, 3.05) is 0 Å². The van der Waals surface area contributed by atoms with Crippen molar-refractivity contribution in [3.8, 4) is 0 Å². The third-order valence-corrected chi connectivity index (χ3v) is 3.88. The minimum absolute atomic E-state index is 0.327. The smallest absolute Gasteiger partial charge is 0.0625 e. The van der Waals surface area contributed by atoms with E-state index in [4.69, 9.17) is 0 Å². The molecule has 0 aliphatic rings. The summed E-state index contributed by atoms with van der Waals surface area (Å²) in [4.78, 5) is 0. The number of hydrogen-bond donors (Lipinski definition) is 1. The lowest BCUT2D eigenvalue weighted by atomic mass is 10.1. The van der Waals surface area contributed by atoms with Gasteiger partial charge in [0.05, 0.1) is 11.4 Å². The highest BCUT2D eigenvalue weighted by molar-refractivity contribution is 9.10. The van der Waals surface area contributed by atoms with Crippen LogP contribution in [0.25, 0.3) is 0 Å². The van der Waals surface area contributed by atoms with Gasteiger partial charge in [-0.3, -0.25) is 4.68 Å². The molecule has 0 amide bonds. The summed E-state index contributed by atoms with van der Waals surface area (Å²) < 4.78 is 3.07. The first-order valence-corrected chi connectivity index (χ1v) is 7.40. The van der Waals surface area contributed by atoms with Crippen molar-refractivity contribution in [2.24, 2.45) is 7.05 Å². The van der Waals surface area contributed by atoms with E-state index in [0.29, 0.717) is 6.04 Å². The maximum absolute atomic E-state index is 4.46. The highest BCUT2D eigenvalue weighted by Crippen LogP contribution is 2.17. The second-order valence-corrected chi connectivity index (χ2v) is 5.67. The average molecular weight is 322 g/mol. The monoisotopic (exact) mass is 321 g/mol. The fraction of sp³-hybridized carbons (Fsp3) is 0.400. The van der Waals surface area contributed by atoms with Gasteiger partial charge in [0.1, 0.15) is 0 Å². The van der Waals surface area contributed by atoms with Crippen LogP contribution in [0.4, 0.5) is 0 Å². The van der Waals surface area contributed by atoms with Crippen LogP contribution < -0.4 is 5.32 Å². The second kappa shape index (κ2) is 6.35. The van der Waals surface area contributed by atoms with Gasteiger partial charge in [-0.15, -0.1) is 0 Å². The van der Waals surface area contributed by atoms with E-state index < -0.39 is 0 Å². The molecule has 1 aromatic heterocycles. The predicted molar refractivity (Wildman–Crippen MR) is 82.0 cm³/mol. The Kier molecular flexibility index (Phi) is 4.77. The zero-order chi connectivity index (χ0) is 13.8. The summed E-state index contributed by atoms with van der Waals surface area (Å²) >= 11 is 3.46. The fourth-order valence-corrected chi connectivity index (χ4v) is 2.30. The predicted octanol–water partition coefficient (Wildman–Crippen LogP) is 3.60. The summed E-state index contributed by atoms with van der Waals surface area (Å²) in [7, 11) is 2.00. The van der Waals surface area contributed by atoms with Crippen LogP contribution in [-0.4, -0.2) is 9.78 Å². The lowest BCUT2D eigenvalue weighted by Crippen LogP contribution is -2.19. The molecule has 1 heterocycles. The molecule has 2 rings (SSSR count). The molecule has 0 radical (unpaired) electrons. The Labute approximate surface area is 123 Å². The van der Waals surface area contributed by atoms with Crippen molar-refractivity contribution in [3.63, 3.8) is 0 Å². The van der Waals surface area contributed by atoms with Crippen molar-refractivity contribution < 1.29 is 0 Å². The van der Waals surface area contributed by atoms with Crippen molar-refractivity contribution >= 4 is 15.9 Å². The molecule has 0 spiro atoms. The molecule has 4 heteroatoms. The summed E-state index contributed by atoms with van der Waals surface area (Å²) in [6, 6.07) is 10.9. The van der Waals surface area contributed by atoms with E-state index in [9.17, 15) is 0 Å². The zero-order valence-electron chi connectivity index (χ0n) is 11.7. The third-order valence-electron chi connectivity index (χ3n) is 3.35. The molecule has 0 aliphatic carbocycles. The van der Waals surface area contributed by atoms with E-state index in [1.54, 1.807) is 0 Å². The molecular formula is C15H20BrN3. The Morgan fingerprint density at radius 2 is 2.00 bits per heavy atom. The molecule has 1 unspecified atom stereocenters. The van der Waals surface area contributed by atoms with Crippen LogP contribution in [0.5, 0.6) is 0 Å². The standard InChI is InChI=1S/C15H20BrN3/c1-4-14-9-15(19(3)18-14)10-17-11(2)12-5-7-13(16)8-6-12/h5-9,11,17H,4,10H2,1-3H3. The highest BCUT2D eigenvalue weighted by atomic mass is 79.9. The number of nitrogens with one attached hydrogen (secondary N) is 1. The van der Waals surface area contributed by atoms with Gasteiger partial charge in [-0.1, -0.05) is 35.0 Å². The van der Waals surface area contributed by atoms with E-state index in [-0.39, 0.29) is 0 Å². The number of benzene rings is 1. The van der Waals surface area contributed by atoms with E-state index in [1.165, 1.54) is 11.3 Å². The van der Waals surface area contributed by atoms with Gasteiger partial charge >= 0.3 is 0 Å². The number of nitrogens with zero attached hydrogens (tertiary/aromatic N) is 2. The first kappa shape index (κ1) is 14.3. The molecule has 0 saturated carbocycles. The first-order chi connectivity index (χ1) is 9.10. The topological polar surface area (TPSA) is 29.9 Å². The van der Waals surface area contributed by atoms with Crippen molar-refractivity contribution in [3.05, 3.63) is 51.8 Å². The largest absolute Gasteiger partial charge is 0.305 e. The van der Waals surface area contributed by atoms with Crippen LogP contribution in [0.2, 0.25) is 0 Å². The van der Waals surface area contributed by atoms with Gasteiger partial charge in [0.2, 0.25) is 0 Å². The lowest BCUT2D eigenvalue weighted by Gasteiger charge is -2.14. The molecule has 0 bridgehead atoms. The zero-order valence-corrected chi connectivity index (χ0v) is 13.2. The van der Waals surface area contributed by atoms with Crippen LogP contribution in [0.3, 0.4) is 0 Å². The van der Waals surface area contributed by atoms with Crippen LogP contribution in [0.15, 0.2) is 34.8 Å². The van der Waals surface area contributed by atoms with Gasteiger partial charge in [-0.05, 0) is 37.1 Å². The van der Waals surface area contributed by atoms with Crippen LogP contribution >= 0.6 is 15.9 Å². The first-order valence-electron chi connectivity index (χ1n) is 6.60. The van der Waals surface area contributed by atoms with E-state index in [1.807, 2.05) is 11.7 Å². The van der Waals surface area contributed by atoms with Gasteiger partial charge in [0, 0.05) is 24.1 Å². The van der Waals surface area contributed by atoms with E-state index in [2.05, 4.69) is 70.5 Å². The molecule has 1 N–H and O–H groups in total. The summed E-state index contributed by atoms with van der Waals surface area (Å²) in [6.07, 6.45) is 0.982. The number of hydrogen-bond acceptors (Lipinski definition) is 2. The molecule has 1 aromatic carbocycles. The Balaban J connectivity index is 1.97. The quantitative estimate of drug-likeness (QED) is 0.911. The Bertz CT molecular complexity index is 531. The van der Waals surface area contributed by atoms with Gasteiger partial charge in [-0.2, -0.15) is 5.10 Å². The molecule has 2 aromatic rings. The Morgan fingerprint density at radius 1 is 1.32 bits per heavy atom. The summed E-state index contributed by atoms with van der Waals surface area (Å²) in [6.45, 7) is 5.14. The maximum atomic E-state index is 4.46. The summed E-state index contributed by atoms with van der Waals surface area (Å²) in [5, 5.41) is 8.00. The molecule has 102 valence electrons. The number of rotatable bonds is 5. The minimum Gasteiger partial charge on any atom is -0.305 e. The molecule has 0 saturated heterocycles. The van der Waals surface area contributed by atoms with Crippen LogP contribution in [0.1, 0.15) is 36.8 Å². The fourth-order valence-electron chi connectivity index (χ4n) is 2.04. The van der Waals surface area contributed by atoms with Gasteiger partial charge < -0.3 is 5.32 Å². The van der Waals surface area contributed by atoms with Crippen LogP contribution in [-0.2, 0) is 20.0 Å². The lowest BCUT2D eigenvalue weighted by molar-refractivity contribution is 0.547. The normalized spacial score (nSPS) is 12.6. The molecule has 0 aliphatic heterocycles. The van der Waals surface area contributed by atoms with E-state index in [0.717, 1.165) is 23.1 Å². The molecular weight excluding hydrogens is 302 g/mol. The molecule has 1 atom stereocenters. The van der Waals surface area contributed by atoms with Gasteiger partial charge in [0.15, 0.2) is 0 Å². The molecule has 19 heavy (non-hydrogen) atoms. The van der Waals surface area contributed by atoms with E-state index >= 15 is 0 Å². The second-order valence-electron chi connectivity index (χ2n) is 4.76. The molecule has 3 nitrogen and oxygen atoms in total. The van der Waals surface area contributed by atoms with Crippen molar-refractivity contribution in [2.45, 2.75) is 32.9 Å². The highest BCUT2D eigenvalue weighted by Gasteiger charge is 2.07. The number of aromatic nitrogens is 2. The maximum Gasteiger partial charge on any atom is 0.0625 e.